The molecule has 6 nitrogen and oxygen atoms in total. The van der Waals surface area contributed by atoms with Gasteiger partial charge in [0.15, 0.2) is 18.1 Å². The Hall–Kier alpha value is -2.11. The van der Waals surface area contributed by atoms with E-state index in [1.807, 2.05) is 0 Å². The van der Waals surface area contributed by atoms with Crippen molar-refractivity contribution >= 4 is 11.9 Å². The van der Waals surface area contributed by atoms with Crippen molar-refractivity contribution in [2.24, 2.45) is 0 Å². The van der Waals surface area contributed by atoms with Crippen molar-refractivity contribution in [3.05, 3.63) is 23.5 Å². The summed E-state index contributed by atoms with van der Waals surface area (Å²) >= 11 is 0. The molecule has 6 heteroatoms. The summed E-state index contributed by atoms with van der Waals surface area (Å²) in [5.41, 5.74) is 0.347. The molecule has 0 saturated heterocycles. The maximum Gasteiger partial charge on any atom is 0.358 e. The number of carbonyl (C=O) groups excluding carboxylic acids is 1. The summed E-state index contributed by atoms with van der Waals surface area (Å²) in [6, 6.07) is 3.07. The summed E-state index contributed by atoms with van der Waals surface area (Å²) in [6.45, 7) is 3.26. The van der Waals surface area contributed by atoms with Gasteiger partial charge in [0, 0.05) is 5.69 Å². The second-order valence-corrected chi connectivity index (χ2v) is 3.20. The van der Waals surface area contributed by atoms with Gasteiger partial charge >= 0.3 is 11.9 Å². The topological polar surface area (TPSA) is 85.7 Å². The zero-order chi connectivity index (χ0) is 12.8. The first-order valence-electron chi connectivity index (χ1n) is 5.04. The largest absolute Gasteiger partial charge is 0.479 e. The Labute approximate surface area is 98.2 Å². The number of nitrogens with zero attached hydrogens (tertiary/aromatic N) is 1. The number of carbonyl (C=O) groups is 2. The molecule has 0 aliphatic carbocycles. The molecule has 1 N–H and O–H groups in total. The van der Waals surface area contributed by atoms with Crippen LogP contribution in [0.1, 0.15) is 23.1 Å². The van der Waals surface area contributed by atoms with E-state index in [1.165, 1.54) is 6.07 Å². The molecule has 0 fully saturated rings. The molecule has 1 aromatic heterocycles. The number of aryl methyl sites for hydroxylation is 1. The number of hydrogen-bond acceptors (Lipinski definition) is 5. The molecule has 0 unspecified atom stereocenters. The number of carboxylic acid groups (broad SMARTS) is 1. The third-order valence-corrected chi connectivity index (χ3v) is 1.85. The van der Waals surface area contributed by atoms with Crippen LogP contribution in [0.4, 0.5) is 0 Å². The van der Waals surface area contributed by atoms with Gasteiger partial charge in [-0.25, -0.2) is 14.6 Å². The van der Waals surface area contributed by atoms with Crippen LogP contribution in [0.3, 0.4) is 0 Å². The van der Waals surface area contributed by atoms with Crippen molar-refractivity contribution in [2.45, 2.75) is 13.8 Å². The average molecular weight is 239 g/mol. The smallest absolute Gasteiger partial charge is 0.358 e. The Morgan fingerprint density at radius 3 is 2.71 bits per heavy atom. The number of hydrogen-bond donors (Lipinski definition) is 1. The molecule has 1 rings (SSSR count). The van der Waals surface area contributed by atoms with E-state index in [1.54, 1.807) is 19.9 Å². The van der Waals surface area contributed by atoms with Crippen LogP contribution >= 0.6 is 0 Å². The van der Waals surface area contributed by atoms with Crippen LogP contribution in [-0.2, 0) is 9.53 Å². The lowest BCUT2D eigenvalue weighted by atomic mass is 10.3. The lowest BCUT2D eigenvalue weighted by molar-refractivity contribution is -0.145. The fourth-order valence-electron chi connectivity index (χ4n) is 1.15. The molecule has 0 saturated carbocycles. The van der Waals surface area contributed by atoms with Crippen LogP contribution < -0.4 is 4.74 Å². The van der Waals surface area contributed by atoms with E-state index in [0.29, 0.717) is 5.69 Å². The molecule has 0 aromatic carbocycles. The van der Waals surface area contributed by atoms with Gasteiger partial charge in [-0.1, -0.05) is 0 Å². The predicted molar refractivity (Wildman–Crippen MR) is 58.1 cm³/mol. The van der Waals surface area contributed by atoms with Crippen molar-refractivity contribution < 1.29 is 24.2 Å². The molecule has 0 aliphatic heterocycles. The van der Waals surface area contributed by atoms with Crippen molar-refractivity contribution in [3.63, 3.8) is 0 Å². The first-order valence-corrected chi connectivity index (χ1v) is 5.04. The second kappa shape index (κ2) is 5.83. The molecule has 0 amide bonds. The Bertz CT molecular complexity index is 430. The van der Waals surface area contributed by atoms with Crippen LogP contribution in [-0.4, -0.2) is 35.2 Å². The summed E-state index contributed by atoms with van der Waals surface area (Å²) in [7, 11) is 0. The molecule has 0 aliphatic rings. The van der Waals surface area contributed by atoms with E-state index in [9.17, 15) is 9.59 Å². The minimum Gasteiger partial charge on any atom is -0.479 e. The van der Waals surface area contributed by atoms with Gasteiger partial charge in [-0.05, 0) is 26.0 Å². The fraction of sp³-hybridized carbons (Fsp3) is 0.364. The molecule has 0 spiro atoms. The highest BCUT2D eigenvalue weighted by molar-refractivity contribution is 5.88. The highest BCUT2D eigenvalue weighted by Gasteiger charge is 2.14. The quantitative estimate of drug-likeness (QED) is 0.772. The summed E-state index contributed by atoms with van der Waals surface area (Å²) in [5.74, 6) is -1.70. The van der Waals surface area contributed by atoms with Crippen LogP contribution in [0.5, 0.6) is 5.75 Å². The van der Waals surface area contributed by atoms with Gasteiger partial charge in [-0.2, -0.15) is 0 Å². The monoisotopic (exact) mass is 239 g/mol. The highest BCUT2D eigenvalue weighted by Crippen LogP contribution is 2.16. The van der Waals surface area contributed by atoms with Crippen molar-refractivity contribution in [3.8, 4) is 5.75 Å². The molecule has 17 heavy (non-hydrogen) atoms. The molecule has 0 radical (unpaired) electrons. The average Bonchev–Trinajstić information content (AvgIpc) is 2.27. The van der Waals surface area contributed by atoms with E-state index in [4.69, 9.17) is 9.84 Å². The molecule has 0 atom stereocenters. The minimum atomic E-state index is -1.20. The zero-order valence-electron chi connectivity index (χ0n) is 9.60. The summed E-state index contributed by atoms with van der Waals surface area (Å²) < 4.78 is 9.71. The van der Waals surface area contributed by atoms with Gasteiger partial charge in [0.2, 0.25) is 0 Å². The van der Waals surface area contributed by atoms with Gasteiger partial charge in [0.25, 0.3) is 0 Å². The number of pyridine rings is 1. The van der Waals surface area contributed by atoms with E-state index < -0.39 is 11.9 Å². The van der Waals surface area contributed by atoms with Gasteiger partial charge in [-0.3, -0.25) is 0 Å². The normalized spacial score (nSPS) is 9.76. The number of carboxylic acids is 1. The van der Waals surface area contributed by atoms with Gasteiger partial charge in [0.1, 0.15) is 0 Å². The lowest BCUT2D eigenvalue weighted by Gasteiger charge is -2.08. The fourth-order valence-corrected chi connectivity index (χ4v) is 1.15. The maximum absolute atomic E-state index is 11.0. The van der Waals surface area contributed by atoms with Gasteiger partial charge in [0.05, 0.1) is 6.61 Å². The van der Waals surface area contributed by atoms with E-state index in [0.717, 1.165) is 0 Å². The lowest BCUT2D eigenvalue weighted by Crippen LogP contribution is -2.16. The first kappa shape index (κ1) is 13.0. The number of aromatic carboxylic acids is 1. The number of esters is 1. The molecule has 92 valence electrons. The van der Waals surface area contributed by atoms with Crippen molar-refractivity contribution in [2.75, 3.05) is 13.2 Å². The van der Waals surface area contributed by atoms with E-state index in [-0.39, 0.29) is 24.7 Å². The van der Waals surface area contributed by atoms with E-state index in [2.05, 4.69) is 9.72 Å². The predicted octanol–water partition coefficient (Wildman–Crippen LogP) is 1.03. The standard InChI is InChI=1S/C11H13NO5/c1-3-16-9(13)6-17-8-5-4-7(2)12-10(8)11(14)15/h4-5H,3,6H2,1-2H3,(H,14,15). The molecule has 0 bridgehead atoms. The zero-order valence-corrected chi connectivity index (χ0v) is 9.60. The van der Waals surface area contributed by atoms with Crippen molar-refractivity contribution in [1.82, 2.24) is 4.98 Å². The Kier molecular flexibility index (Phi) is 4.45. The number of ether oxygens (including phenoxy) is 2. The number of rotatable bonds is 5. The van der Waals surface area contributed by atoms with Crippen LogP contribution in [0.25, 0.3) is 0 Å². The van der Waals surface area contributed by atoms with Crippen molar-refractivity contribution in [1.29, 1.82) is 0 Å². The maximum atomic E-state index is 11.0. The van der Waals surface area contributed by atoms with Gasteiger partial charge < -0.3 is 14.6 Å². The van der Waals surface area contributed by atoms with Gasteiger partial charge in [-0.15, -0.1) is 0 Å². The number of aromatic nitrogens is 1. The third-order valence-electron chi connectivity index (χ3n) is 1.85. The molecular weight excluding hydrogens is 226 g/mol. The second-order valence-electron chi connectivity index (χ2n) is 3.20. The third kappa shape index (κ3) is 3.75. The van der Waals surface area contributed by atoms with Crippen LogP contribution in [0, 0.1) is 6.92 Å². The Morgan fingerprint density at radius 2 is 2.12 bits per heavy atom. The Balaban J connectivity index is 2.77. The summed E-state index contributed by atoms with van der Waals surface area (Å²) in [4.78, 5) is 25.8. The molecular formula is C11H13NO5. The Morgan fingerprint density at radius 1 is 1.41 bits per heavy atom. The first-order chi connectivity index (χ1) is 8.04. The van der Waals surface area contributed by atoms with E-state index >= 15 is 0 Å². The molecule has 1 aromatic rings. The highest BCUT2D eigenvalue weighted by atomic mass is 16.6. The van der Waals surface area contributed by atoms with Crippen LogP contribution in [0.15, 0.2) is 12.1 Å². The summed E-state index contributed by atoms with van der Waals surface area (Å²) in [6.07, 6.45) is 0. The molecule has 1 heterocycles. The minimum absolute atomic E-state index is 0.0520. The SMILES string of the molecule is CCOC(=O)COc1ccc(C)nc1C(=O)O. The summed E-state index contributed by atoms with van der Waals surface area (Å²) in [5, 5.41) is 8.90. The van der Waals surface area contributed by atoms with Crippen LogP contribution in [0.2, 0.25) is 0 Å².